The number of imidazole rings is 1. The van der Waals surface area contributed by atoms with Crippen LogP contribution in [0.4, 0.5) is 10.7 Å². The number of aliphatic carboxylic acids is 1. The fraction of sp³-hybridized carbons (Fsp3) is 0.327. The number of nitrogens with zero attached hydrogens (tertiary/aromatic N) is 3. The Hall–Kier alpha value is -6.59. The zero-order valence-corrected chi connectivity index (χ0v) is 40.6. The number of anilines is 1. The number of aryl methyl sites for hydroxylation is 2. The molecular weight excluding hydrogens is 941 g/mol. The lowest BCUT2D eigenvalue weighted by Crippen LogP contribution is -2.47. The Bertz CT molecular complexity index is 2760. The lowest BCUT2D eigenvalue weighted by molar-refractivity contribution is -0.138. The van der Waals surface area contributed by atoms with Crippen LogP contribution in [0.5, 0.6) is 0 Å². The molecule has 6 N–H and O–H groups in total. The van der Waals surface area contributed by atoms with Crippen LogP contribution in [0.25, 0.3) is 22.0 Å². The van der Waals surface area contributed by atoms with E-state index in [0.717, 1.165) is 22.3 Å². The fourth-order valence-electron chi connectivity index (χ4n) is 6.83. The summed E-state index contributed by atoms with van der Waals surface area (Å²) in [6.07, 6.45) is 5.75. The summed E-state index contributed by atoms with van der Waals surface area (Å²) < 4.78 is 57.0. The van der Waals surface area contributed by atoms with Crippen LogP contribution in [0.3, 0.4) is 0 Å². The van der Waals surface area contributed by atoms with Gasteiger partial charge in [-0.1, -0.05) is 60.7 Å². The first-order chi connectivity index (χ1) is 34.0. The molecule has 0 radical (unpaired) electrons. The Morgan fingerprint density at radius 2 is 1.36 bits per heavy atom. The second-order valence-corrected chi connectivity index (χ2v) is 18.3. The van der Waals surface area contributed by atoms with Crippen molar-refractivity contribution in [2.75, 3.05) is 64.6 Å². The van der Waals surface area contributed by atoms with E-state index >= 15 is 0 Å². The summed E-state index contributed by atoms with van der Waals surface area (Å²) in [7, 11) is 0.179. The van der Waals surface area contributed by atoms with Crippen molar-refractivity contribution in [3.05, 3.63) is 143 Å². The first-order valence-corrected chi connectivity index (χ1v) is 24.8. The molecule has 0 aliphatic carbocycles. The molecule has 2 aromatic heterocycles. The van der Waals surface area contributed by atoms with Crippen LogP contribution in [-0.2, 0) is 73.0 Å². The number of fused-ring (bicyclic) bond motifs is 1. The molecule has 0 saturated carbocycles. The number of pyridine rings is 1. The summed E-state index contributed by atoms with van der Waals surface area (Å²) in [6, 6.07) is 27.1. The molecule has 2 heterocycles. The van der Waals surface area contributed by atoms with E-state index in [1.54, 1.807) is 66.3 Å². The molecule has 6 rings (SSSR count). The van der Waals surface area contributed by atoms with Gasteiger partial charge in [-0.2, -0.15) is 0 Å². The average molecular weight is 999 g/mol. The number of carboxylic acid groups (broad SMARTS) is 1. The van der Waals surface area contributed by atoms with Gasteiger partial charge in [-0.3, -0.25) is 14.4 Å². The summed E-state index contributed by atoms with van der Waals surface area (Å²) in [6.45, 7) is 3.81. The van der Waals surface area contributed by atoms with Crippen molar-refractivity contribution in [3.63, 3.8) is 0 Å². The number of ether oxygens (including phenoxy) is 4. The number of hydrogen-bond donors (Lipinski definition) is 6. The van der Waals surface area contributed by atoms with Crippen LogP contribution in [-0.4, -0.2) is 111 Å². The highest BCUT2D eigenvalue weighted by molar-refractivity contribution is 7.83. The number of carbonyl (C=O) groups is 3. The minimum atomic E-state index is -1.96. The van der Waals surface area contributed by atoms with Crippen molar-refractivity contribution in [2.45, 2.75) is 41.8 Å². The third kappa shape index (κ3) is 16.3. The van der Waals surface area contributed by atoms with E-state index in [2.05, 4.69) is 30.4 Å². The maximum atomic E-state index is 13.4. The molecule has 6 aromatic rings. The monoisotopic (exact) mass is 998 g/mol. The summed E-state index contributed by atoms with van der Waals surface area (Å²) >= 11 is 0. The Morgan fingerprint density at radius 3 is 1.99 bits per heavy atom. The highest BCUT2D eigenvalue weighted by atomic mass is 32.2. The molecule has 0 bridgehead atoms. The molecule has 0 aliphatic heterocycles. The molecule has 372 valence electrons. The normalized spacial score (nSPS) is 12.5. The third-order valence-electron chi connectivity index (χ3n) is 10.6. The highest BCUT2D eigenvalue weighted by Crippen LogP contribution is 2.22. The quantitative estimate of drug-likeness (QED) is 0.0357. The predicted octanol–water partition coefficient (Wildman–Crippen LogP) is 4.42. The molecule has 4 aromatic carbocycles. The van der Waals surface area contributed by atoms with Crippen molar-refractivity contribution in [2.24, 2.45) is 14.1 Å². The lowest BCUT2D eigenvalue weighted by Gasteiger charge is -2.16. The van der Waals surface area contributed by atoms with Gasteiger partial charge in [0.05, 0.1) is 41.7 Å². The fourth-order valence-corrected chi connectivity index (χ4v) is 8.67. The van der Waals surface area contributed by atoms with Crippen LogP contribution in [0.15, 0.2) is 130 Å². The number of hydrogen-bond acceptors (Lipinski definition) is 12. The number of amides is 2. The standard InChI is InChI=1S/C49H58N8O11S2/c1-56-23-22-50-48(56)53-31-36-10-19-41-44(30-36)57(2)33-42(45(41)58)46(59)52-32-43(47(60)61)55-70(64)40-17-13-38(14-18-40)37-11-15-39(16-12-37)69(63)54-21-7-25-66-27-29-67-28-26-65-24-6-20-51-49(62)68-34-35-8-4-3-5-9-35/h3-5,8-19,22-23,30,33,43,54-55H,6-7,20-21,24-29,31-32,34H2,1-2H3,(H,50,53)(H,51,62)(H,52,59)(H,60,61)/t43-,69?,70?/m0/s1. The van der Waals surface area contributed by atoms with Crippen molar-refractivity contribution in [1.29, 1.82) is 0 Å². The van der Waals surface area contributed by atoms with Gasteiger partial charge in [0.1, 0.15) is 40.2 Å². The lowest BCUT2D eigenvalue weighted by atomic mass is 10.1. The van der Waals surface area contributed by atoms with Crippen molar-refractivity contribution in [3.8, 4) is 11.1 Å². The van der Waals surface area contributed by atoms with E-state index in [9.17, 15) is 32.7 Å². The third-order valence-corrected chi connectivity index (χ3v) is 13.0. The summed E-state index contributed by atoms with van der Waals surface area (Å²) in [4.78, 5) is 55.7. The zero-order valence-electron chi connectivity index (χ0n) is 38.9. The van der Waals surface area contributed by atoms with Gasteiger partial charge < -0.3 is 49.1 Å². The number of nitrogens with one attached hydrogen (secondary N) is 5. The summed E-state index contributed by atoms with van der Waals surface area (Å²) in [5, 5.41) is 18.7. The second kappa shape index (κ2) is 27.6. The van der Waals surface area contributed by atoms with E-state index in [1.165, 1.54) is 6.20 Å². The number of rotatable bonds is 29. The minimum absolute atomic E-state index is 0.162. The van der Waals surface area contributed by atoms with Crippen LogP contribution in [0.2, 0.25) is 0 Å². The molecule has 2 amide bonds. The van der Waals surface area contributed by atoms with Gasteiger partial charge in [-0.15, -0.1) is 0 Å². The Morgan fingerprint density at radius 1 is 0.729 bits per heavy atom. The van der Waals surface area contributed by atoms with E-state index in [1.807, 2.05) is 66.3 Å². The van der Waals surface area contributed by atoms with Crippen LogP contribution >= 0.6 is 0 Å². The van der Waals surface area contributed by atoms with Crippen LogP contribution in [0.1, 0.15) is 34.3 Å². The number of carboxylic acids is 1. The van der Waals surface area contributed by atoms with Crippen molar-refractivity contribution >= 4 is 56.8 Å². The molecular formula is C49H58N8O11S2. The second-order valence-electron chi connectivity index (χ2n) is 15.8. The highest BCUT2D eigenvalue weighted by Gasteiger charge is 2.23. The van der Waals surface area contributed by atoms with Gasteiger partial charge in [0.15, 0.2) is 0 Å². The minimum Gasteiger partial charge on any atom is -0.480 e. The van der Waals surface area contributed by atoms with Gasteiger partial charge in [0.2, 0.25) is 11.4 Å². The maximum absolute atomic E-state index is 13.4. The summed E-state index contributed by atoms with van der Waals surface area (Å²) in [5.41, 5.74) is 3.38. The van der Waals surface area contributed by atoms with Crippen molar-refractivity contribution in [1.82, 2.24) is 34.2 Å². The Kier molecular flexibility index (Phi) is 20.8. The molecule has 70 heavy (non-hydrogen) atoms. The zero-order chi connectivity index (χ0) is 49.7. The van der Waals surface area contributed by atoms with Crippen LogP contribution in [0, 0.1) is 0 Å². The van der Waals surface area contributed by atoms with Gasteiger partial charge in [0.25, 0.3) is 5.91 Å². The van der Waals surface area contributed by atoms with Crippen molar-refractivity contribution < 1.29 is 46.9 Å². The number of aromatic nitrogens is 3. The maximum Gasteiger partial charge on any atom is 0.407 e. The Labute approximate surface area is 410 Å². The topological polar surface area (TPSA) is 242 Å². The predicted molar refractivity (Wildman–Crippen MR) is 266 cm³/mol. The van der Waals surface area contributed by atoms with Crippen LogP contribution < -0.4 is 30.8 Å². The molecule has 0 aliphatic rings. The molecule has 0 saturated heterocycles. The van der Waals surface area contributed by atoms with Gasteiger partial charge in [0, 0.05) is 77.5 Å². The van der Waals surface area contributed by atoms with E-state index in [-0.39, 0.29) is 12.2 Å². The number of benzene rings is 4. The first kappa shape index (κ1) is 52.8. The average Bonchev–Trinajstić information content (AvgIpc) is 3.80. The summed E-state index contributed by atoms with van der Waals surface area (Å²) in [5.74, 6) is -1.42. The van der Waals surface area contributed by atoms with Gasteiger partial charge in [-0.25, -0.2) is 27.6 Å². The molecule has 0 spiro atoms. The van der Waals surface area contributed by atoms with Gasteiger partial charge in [-0.05, 0) is 71.5 Å². The molecule has 19 nitrogen and oxygen atoms in total. The Balaban J connectivity index is 0.833. The first-order valence-electron chi connectivity index (χ1n) is 22.5. The molecule has 0 fully saturated rings. The largest absolute Gasteiger partial charge is 0.480 e. The van der Waals surface area contributed by atoms with E-state index < -0.39 is 58.0 Å². The van der Waals surface area contributed by atoms with E-state index in [4.69, 9.17) is 18.9 Å². The number of carbonyl (C=O) groups excluding carboxylic acids is 2. The molecule has 21 heteroatoms. The van der Waals surface area contributed by atoms with E-state index in [0.29, 0.717) is 98.8 Å². The molecule has 3 atom stereocenters. The molecule has 2 unspecified atom stereocenters. The smallest absolute Gasteiger partial charge is 0.407 e. The SMILES string of the molecule is Cn1ccnc1NCc1ccc2c(=O)c(C(=O)NC[C@H](NS(=O)c3ccc(-c4ccc(S(=O)NCCCOCCOCCOCCCNC(=O)OCc5ccccc5)cc4)cc3)C(=O)O)cn(C)c2c1. The number of alkyl carbamates (subject to hydrolysis) is 1. The van der Waals surface area contributed by atoms with Gasteiger partial charge >= 0.3 is 12.1 Å².